The molecule has 0 N–H and O–H groups in total. The number of rotatable bonds is 5. The summed E-state index contributed by atoms with van der Waals surface area (Å²) in [6, 6.07) is 39.4. The maximum atomic E-state index is 6.35. The molecule has 3 saturated carbocycles. The van der Waals surface area contributed by atoms with Crippen LogP contribution in [0.25, 0.3) is 33.1 Å². The Balaban J connectivity index is 1.09. The normalized spacial score (nSPS) is 22.8. The van der Waals surface area contributed by atoms with Crippen LogP contribution in [0.3, 0.4) is 0 Å². The highest BCUT2D eigenvalue weighted by Gasteiger charge is 2.40. The highest BCUT2D eigenvalue weighted by atomic mass is 16.3. The van der Waals surface area contributed by atoms with Crippen LogP contribution in [-0.4, -0.2) is 0 Å². The first-order valence-electron chi connectivity index (χ1n) is 18.6. The lowest BCUT2D eigenvalue weighted by Crippen LogP contribution is -2.16. The van der Waals surface area contributed by atoms with Crippen LogP contribution >= 0.6 is 0 Å². The van der Waals surface area contributed by atoms with Crippen LogP contribution in [-0.2, 0) is 5.41 Å². The van der Waals surface area contributed by atoms with E-state index in [1.54, 1.807) is 5.56 Å². The topological polar surface area (TPSA) is 16.4 Å². The average Bonchev–Trinajstić information content (AvgIpc) is 3.91. The zero-order chi connectivity index (χ0) is 32.0. The Morgan fingerprint density at radius 2 is 1.35 bits per heavy atom. The molecule has 0 saturated heterocycles. The summed E-state index contributed by atoms with van der Waals surface area (Å²) in [5, 5.41) is 2.45. The van der Waals surface area contributed by atoms with E-state index in [1.807, 2.05) is 0 Å². The van der Waals surface area contributed by atoms with Gasteiger partial charge in [-0.3, -0.25) is 0 Å². The van der Waals surface area contributed by atoms with Crippen LogP contribution in [0.1, 0.15) is 106 Å². The lowest BCUT2D eigenvalue weighted by Gasteiger charge is -2.29. The van der Waals surface area contributed by atoms with Gasteiger partial charge in [-0.1, -0.05) is 94.1 Å². The molecule has 0 radical (unpaired) electrons. The molecule has 6 aromatic rings. The average molecular weight is 628 g/mol. The van der Waals surface area contributed by atoms with E-state index in [2.05, 4.69) is 122 Å². The Hall–Kier alpha value is -4.30. The third-order valence-corrected chi connectivity index (χ3v) is 13.0. The van der Waals surface area contributed by atoms with Crippen molar-refractivity contribution in [1.29, 1.82) is 0 Å². The zero-order valence-corrected chi connectivity index (χ0v) is 28.3. The van der Waals surface area contributed by atoms with Gasteiger partial charge in [0.1, 0.15) is 11.2 Å². The van der Waals surface area contributed by atoms with Gasteiger partial charge in [0.15, 0.2) is 0 Å². The van der Waals surface area contributed by atoms with E-state index >= 15 is 0 Å². The summed E-state index contributed by atoms with van der Waals surface area (Å²) in [5.41, 5.74) is 14.0. The van der Waals surface area contributed by atoms with Crippen molar-refractivity contribution in [3.63, 3.8) is 0 Å². The van der Waals surface area contributed by atoms with E-state index in [0.717, 1.165) is 28.9 Å². The number of anilines is 3. The van der Waals surface area contributed by atoms with Gasteiger partial charge in [-0.2, -0.15) is 0 Å². The Morgan fingerprint density at radius 1 is 0.625 bits per heavy atom. The summed E-state index contributed by atoms with van der Waals surface area (Å²) >= 11 is 0. The number of furan rings is 1. The molecule has 48 heavy (non-hydrogen) atoms. The third kappa shape index (κ3) is 4.37. The van der Waals surface area contributed by atoms with Crippen molar-refractivity contribution in [2.75, 3.05) is 4.90 Å². The summed E-state index contributed by atoms with van der Waals surface area (Å²) < 4.78 is 6.35. The smallest absolute Gasteiger partial charge is 0.136 e. The minimum atomic E-state index is -0.130. The molecule has 4 aliphatic carbocycles. The van der Waals surface area contributed by atoms with E-state index in [1.165, 1.54) is 113 Å². The largest absolute Gasteiger partial charge is 0.456 e. The first-order chi connectivity index (χ1) is 23.5. The summed E-state index contributed by atoms with van der Waals surface area (Å²) in [4.78, 5) is 2.50. The second kappa shape index (κ2) is 10.9. The molecule has 0 aliphatic heterocycles. The monoisotopic (exact) mass is 627 g/mol. The molecule has 0 amide bonds. The number of para-hydroxylation sites is 1. The van der Waals surface area contributed by atoms with Crippen LogP contribution in [0.5, 0.6) is 0 Å². The number of hydrogen-bond donors (Lipinski definition) is 0. The first kappa shape index (κ1) is 28.7. The van der Waals surface area contributed by atoms with Crippen molar-refractivity contribution in [2.24, 2.45) is 11.8 Å². The maximum absolute atomic E-state index is 6.35. The SMILES string of the molecule is CC1(C)c2cc(N(c3ccc(C4CCCCC4)cc3)c3ccc(C4CC5CCC4C5)cc3)ccc2-c2c1ccc1oc3ccccc3c21. The van der Waals surface area contributed by atoms with Crippen molar-refractivity contribution in [2.45, 2.75) is 88.9 Å². The molecule has 5 aromatic carbocycles. The first-order valence-corrected chi connectivity index (χ1v) is 18.6. The van der Waals surface area contributed by atoms with Crippen molar-refractivity contribution in [1.82, 2.24) is 0 Å². The predicted octanol–water partition coefficient (Wildman–Crippen LogP) is 13.3. The molecule has 2 heteroatoms. The lowest BCUT2D eigenvalue weighted by molar-refractivity contribution is 0.420. The van der Waals surface area contributed by atoms with Crippen LogP contribution < -0.4 is 4.90 Å². The van der Waals surface area contributed by atoms with Gasteiger partial charge in [-0.05, 0) is 138 Å². The highest BCUT2D eigenvalue weighted by Crippen LogP contribution is 2.55. The summed E-state index contributed by atoms with van der Waals surface area (Å²) in [7, 11) is 0. The minimum absolute atomic E-state index is 0.130. The second-order valence-electron chi connectivity index (χ2n) is 15.9. The van der Waals surface area contributed by atoms with Crippen LogP contribution in [0.4, 0.5) is 17.1 Å². The van der Waals surface area contributed by atoms with E-state index in [9.17, 15) is 0 Å². The van der Waals surface area contributed by atoms with Gasteiger partial charge in [0.2, 0.25) is 0 Å². The quantitative estimate of drug-likeness (QED) is 0.189. The molecule has 3 atom stereocenters. The van der Waals surface area contributed by atoms with Crippen LogP contribution in [0, 0.1) is 11.8 Å². The Kier molecular flexibility index (Phi) is 6.49. The molecule has 0 spiro atoms. The van der Waals surface area contributed by atoms with E-state index in [0.29, 0.717) is 5.92 Å². The number of nitrogens with zero attached hydrogens (tertiary/aromatic N) is 1. The standard InChI is InChI=1S/C46H45NO/c1-46(2)40-24-25-43-45(38-10-6-7-11-42(38)48-43)44(40)37-23-22-36(28-41(37)46)47(34-18-14-31(15-19-34)30-8-4-3-5-9-30)35-20-16-32(17-21-35)39-27-29-12-13-33(39)26-29/h6-7,10-11,14-25,28-30,33,39H,3-5,8-9,12-13,26-27H2,1-2H3. The van der Waals surface area contributed by atoms with Gasteiger partial charge >= 0.3 is 0 Å². The summed E-state index contributed by atoms with van der Waals surface area (Å²) in [6.07, 6.45) is 12.5. The van der Waals surface area contributed by atoms with E-state index < -0.39 is 0 Å². The Labute approximate surface area is 284 Å². The van der Waals surface area contributed by atoms with Gasteiger partial charge in [-0.15, -0.1) is 0 Å². The molecule has 3 fully saturated rings. The molecule has 3 unspecified atom stereocenters. The predicted molar refractivity (Wildman–Crippen MR) is 200 cm³/mol. The maximum Gasteiger partial charge on any atom is 0.136 e. The number of benzene rings is 5. The van der Waals surface area contributed by atoms with Crippen LogP contribution in [0.15, 0.2) is 108 Å². The zero-order valence-electron chi connectivity index (χ0n) is 28.3. The van der Waals surface area contributed by atoms with Crippen molar-refractivity contribution >= 4 is 39.0 Å². The molecule has 2 nitrogen and oxygen atoms in total. The van der Waals surface area contributed by atoms with Crippen LogP contribution in [0.2, 0.25) is 0 Å². The van der Waals surface area contributed by atoms with Gasteiger partial charge in [0.05, 0.1) is 0 Å². The third-order valence-electron chi connectivity index (χ3n) is 13.0. The van der Waals surface area contributed by atoms with E-state index in [4.69, 9.17) is 4.42 Å². The van der Waals surface area contributed by atoms with E-state index in [-0.39, 0.29) is 5.41 Å². The molecule has 4 aliphatic rings. The number of fused-ring (bicyclic) bond motifs is 9. The van der Waals surface area contributed by atoms with Gasteiger partial charge in [-0.25, -0.2) is 0 Å². The summed E-state index contributed by atoms with van der Waals surface area (Å²) in [5.74, 6) is 3.30. The van der Waals surface area contributed by atoms with Crippen molar-refractivity contribution < 1.29 is 4.42 Å². The fourth-order valence-corrected chi connectivity index (χ4v) is 10.5. The number of hydrogen-bond acceptors (Lipinski definition) is 2. The molecule has 1 aromatic heterocycles. The summed E-state index contributed by atoms with van der Waals surface area (Å²) in [6.45, 7) is 4.78. The fraction of sp³-hybridized carbons (Fsp3) is 0.348. The lowest BCUT2D eigenvalue weighted by atomic mass is 9.82. The molecule has 2 bridgehead atoms. The Bertz CT molecular complexity index is 2160. The second-order valence-corrected chi connectivity index (χ2v) is 15.9. The van der Waals surface area contributed by atoms with Crippen molar-refractivity contribution in [3.05, 3.63) is 125 Å². The molecule has 10 rings (SSSR count). The highest BCUT2D eigenvalue weighted by molar-refractivity contribution is 6.15. The van der Waals surface area contributed by atoms with Gasteiger partial charge in [0, 0.05) is 33.2 Å². The molecular weight excluding hydrogens is 583 g/mol. The van der Waals surface area contributed by atoms with Gasteiger partial charge in [0.25, 0.3) is 0 Å². The molecule has 1 heterocycles. The van der Waals surface area contributed by atoms with Gasteiger partial charge < -0.3 is 9.32 Å². The Morgan fingerprint density at radius 3 is 2.08 bits per heavy atom. The fourth-order valence-electron chi connectivity index (χ4n) is 10.5. The van der Waals surface area contributed by atoms with Crippen molar-refractivity contribution in [3.8, 4) is 11.1 Å². The minimum Gasteiger partial charge on any atom is -0.456 e. The molecular formula is C46H45NO. The molecule has 240 valence electrons.